The highest BCUT2D eigenvalue weighted by Gasteiger charge is 2.31. The van der Waals surface area contributed by atoms with Crippen molar-refractivity contribution in [3.05, 3.63) is 33.8 Å². The van der Waals surface area contributed by atoms with Crippen LogP contribution in [0.2, 0.25) is 0 Å². The zero-order valence-corrected chi connectivity index (χ0v) is 13.6. The number of rotatable bonds is 3. The molecular formula is C13H17BrF3NS. The van der Waals surface area contributed by atoms with E-state index in [1.165, 1.54) is 18.0 Å². The van der Waals surface area contributed by atoms with Gasteiger partial charge >= 0.3 is 6.18 Å². The highest BCUT2D eigenvalue weighted by atomic mass is 79.9. The Morgan fingerprint density at radius 3 is 2.21 bits per heavy atom. The van der Waals surface area contributed by atoms with Crippen molar-refractivity contribution in [2.24, 2.45) is 0 Å². The standard InChI is InChI=1S/C13H17BrF3NS/c1-8(18-19-12(2,3)4)9-5-10(13(15,16)17)7-11(14)6-9/h5-8,18H,1-4H3. The number of alkyl halides is 3. The van der Waals surface area contributed by atoms with E-state index in [0.29, 0.717) is 10.0 Å². The Balaban J connectivity index is 2.91. The molecule has 19 heavy (non-hydrogen) atoms. The van der Waals surface area contributed by atoms with Crippen LogP contribution >= 0.6 is 27.9 Å². The van der Waals surface area contributed by atoms with Crippen molar-refractivity contribution in [3.63, 3.8) is 0 Å². The fourth-order valence-corrected chi connectivity index (χ4v) is 2.54. The topological polar surface area (TPSA) is 12.0 Å². The summed E-state index contributed by atoms with van der Waals surface area (Å²) in [4.78, 5) is 0. The van der Waals surface area contributed by atoms with Gasteiger partial charge in [0.2, 0.25) is 0 Å². The molecule has 0 saturated heterocycles. The Bertz CT molecular complexity index is 440. The van der Waals surface area contributed by atoms with Crippen LogP contribution < -0.4 is 4.72 Å². The summed E-state index contributed by atoms with van der Waals surface area (Å²) in [5.41, 5.74) is -0.0234. The zero-order valence-electron chi connectivity index (χ0n) is 11.2. The molecule has 1 nitrogen and oxygen atoms in total. The van der Waals surface area contributed by atoms with E-state index in [-0.39, 0.29) is 10.8 Å². The molecule has 1 atom stereocenters. The molecule has 0 aliphatic rings. The average Bonchev–Trinajstić information content (AvgIpc) is 2.22. The smallest absolute Gasteiger partial charge is 0.256 e. The predicted octanol–water partition coefficient (Wildman–Crippen LogP) is 5.57. The molecular weight excluding hydrogens is 339 g/mol. The van der Waals surface area contributed by atoms with Gasteiger partial charge in [0.25, 0.3) is 0 Å². The largest absolute Gasteiger partial charge is 0.416 e. The molecule has 0 aliphatic carbocycles. The summed E-state index contributed by atoms with van der Waals surface area (Å²) in [7, 11) is 0. The summed E-state index contributed by atoms with van der Waals surface area (Å²) in [6.45, 7) is 7.97. The van der Waals surface area contributed by atoms with Gasteiger partial charge in [-0.2, -0.15) is 13.2 Å². The van der Waals surface area contributed by atoms with Crippen LogP contribution in [0.5, 0.6) is 0 Å². The molecule has 0 spiro atoms. The minimum Gasteiger partial charge on any atom is -0.256 e. The van der Waals surface area contributed by atoms with E-state index in [4.69, 9.17) is 0 Å². The van der Waals surface area contributed by atoms with Crippen molar-refractivity contribution < 1.29 is 13.2 Å². The van der Waals surface area contributed by atoms with E-state index in [1.54, 1.807) is 6.07 Å². The van der Waals surface area contributed by atoms with Gasteiger partial charge in [0.05, 0.1) is 5.56 Å². The van der Waals surface area contributed by atoms with Crippen LogP contribution in [0.3, 0.4) is 0 Å². The molecule has 0 radical (unpaired) electrons. The van der Waals surface area contributed by atoms with Crippen LogP contribution in [0.15, 0.2) is 22.7 Å². The van der Waals surface area contributed by atoms with Gasteiger partial charge in [-0.1, -0.05) is 27.9 Å². The summed E-state index contributed by atoms with van der Waals surface area (Å²) in [6.07, 6.45) is -4.32. The number of hydrogen-bond donors (Lipinski definition) is 1. The molecule has 0 amide bonds. The summed E-state index contributed by atoms with van der Waals surface area (Å²) in [5.74, 6) is 0. The van der Waals surface area contributed by atoms with Gasteiger partial charge in [-0.15, -0.1) is 0 Å². The van der Waals surface area contributed by atoms with E-state index in [0.717, 1.165) is 6.07 Å². The van der Waals surface area contributed by atoms with E-state index in [2.05, 4.69) is 20.7 Å². The maximum atomic E-state index is 12.7. The lowest BCUT2D eigenvalue weighted by Crippen LogP contribution is -2.20. The summed E-state index contributed by atoms with van der Waals surface area (Å²) in [6, 6.07) is 3.82. The van der Waals surface area contributed by atoms with E-state index in [9.17, 15) is 13.2 Å². The Kier molecular flexibility index (Phi) is 5.37. The van der Waals surface area contributed by atoms with Crippen LogP contribution in [-0.2, 0) is 6.18 Å². The minimum atomic E-state index is -4.32. The lowest BCUT2D eigenvalue weighted by Gasteiger charge is -2.22. The number of hydrogen-bond acceptors (Lipinski definition) is 2. The van der Waals surface area contributed by atoms with Gasteiger partial charge in [-0.25, -0.2) is 0 Å². The van der Waals surface area contributed by atoms with Crippen molar-refractivity contribution in [1.29, 1.82) is 0 Å². The predicted molar refractivity (Wildman–Crippen MR) is 78.0 cm³/mol. The molecule has 0 aliphatic heterocycles. The maximum Gasteiger partial charge on any atom is 0.416 e. The van der Waals surface area contributed by atoms with E-state index < -0.39 is 11.7 Å². The molecule has 108 valence electrons. The highest BCUT2D eigenvalue weighted by molar-refractivity contribution is 9.10. The molecule has 0 aromatic heterocycles. The molecule has 1 aromatic carbocycles. The molecule has 0 fully saturated rings. The van der Waals surface area contributed by atoms with E-state index in [1.807, 2.05) is 27.7 Å². The van der Waals surface area contributed by atoms with Crippen molar-refractivity contribution in [2.45, 2.75) is 44.7 Å². The van der Waals surface area contributed by atoms with Gasteiger partial charge in [0, 0.05) is 15.3 Å². The molecule has 1 unspecified atom stereocenters. The Hall–Kier alpha value is -0.200. The summed E-state index contributed by atoms with van der Waals surface area (Å²) < 4.78 is 41.8. The molecule has 0 heterocycles. The third-order valence-corrected chi connectivity index (χ3v) is 3.83. The first-order chi connectivity index (χ1) is 8.49. The average molecular weight is 356 g/mol. The van der Waals surface area contributed by atoms with Gasteiger partial charge in [0.15, 0.2) is 0 Å². The Morgan fingerprint density at radius 1 is 1.16 bits per heavy atom. The molecule has 0 saturated carbocycles. The first kappa shape index (κ1) is 16.9. The lowest BCUT2D eigenvalue weighted by atomic mass is 10.1. The number of nitrogens with one attached hydrogen (secondary N) is 1. The minimum absolute atomic E-state index is 0.00707. The molecule has 0 bridgehead atoms. The van der Waals surface area contributed by atoms with Crippen molar-refractivity contribution in [3.8, 4) is 0 Å². The second-order valence-electron chi connectivity index (χ2n) is 5.32. The highest BCUT2D eigenvalue weighted by Crippen LogP contribution is 2.34. The Morgan fingerprint density at radius 2 is 1.74 bits per heavy atom. The summed E-state index contributed by atoms with van der Waals surface area (Å²) >= 11 is 4.64. The molecule has 1 rings (SSSR count). The van der Waals surface area contributed by atoms with Crippen molar-refractivity contribution >= 4 is 27.9 Å². The monoisotopic (exact) mass is 355 g/mol. The van der Waals surface area contributed by atoms with Crippen molar-refractivity contribution in [1.82, 2.24) is 4.72 Å². The summed E-state index contributed by atoms with van der Waals surface area (Å²) in [5, 5.41) is 0. The molecule has 6 heteroatoms. The first-order valence-corrected chi connectivity index (χ1v) is 7.41. The second-order valence-corrected chi connectivity index (χ2v) is 7.91. The van der Waals surface area contributed by atoms with Gasteiger partial charge in [-0.05, 0) is 51.5 Å². The van der Waals surface area contributed by atoms with Crippen LogP contribution in [0.25, 0.3) is 0 Å². The third kappa shape index (κ3) is 5.75. The normalized spacial score (nSPS) is 14.5. The van der Waals surface area contributed by atoms with Crippen LogP contribution in [0.4, 0.5) is 13.2 Å². The van der Waals surface area contributed by atoms with Crippen LogP contribution in [0.1, 0.15) is 44.9 Å². The molecule has 1 aromatic rings. The number of benzene rings is 1. The van der Waals surface area contributed by atoms with Crippen LogP contribution in [0, 0.1) is 0 Å². The SMILES string of the molecule is CC(NSC(C)(C)C)c1cc(Br)cc(C(F)(F)F)c1. The van der Waals surface area contributed by atoms with Gasteiger partial charge in [-0.3, -0.25) is 4.72 Å². The fourth-order valence-electron chi connectivity index (χ4n) is 1.36. The number of halogens is 4. The van der Waals surface area contributed by atoms with Gasteiger partial charge in [0.1, 0.15) is 0 Å². The second kappa shape index (κ2) is 6.06. The van der Waals surface area contributed by atoms with E-state index >= 15 is 0 Å². The lowest BCUT2D eigenvalue weighted by molar-refractivity contribution is -0.137. The first-order valence-electron chi connectivity index (χ1n) is 5.80. The maximum absolute atomic E-state index is 12.7. The van der Waals surface area contributed by atoms with Gasteiger partial charge < -0.3 is 0 Å². The van der Waals surface area contributed by atoms with Crippen LogP contribution in [-0.4, -0.2) is 4.75 Å². The zero-order chi connectivity index (χ0) is 14.8. The molecule has 1 N–H and O–H groups in total. The third-order valence-electron chi connectivity index (χ3n) is 2.29. The Labute approximate surface area is 124 Å². The van der Waals surface area contributed by atoms with Crippen molar-refractivity contribution in [2.75, 3.05) is 0 Å². The fraction of sp³-hybridized carbons (Fsp3) is 0.538. The quantitative estimate of drug-likeness (QED) is 0.711.